The monoisotopic (exact) mass is 381 g/mol. The Labute approximate surface area is 167 Å². The fraction of sp³-hybridized carbons (Fsp3) is 0.826. The molecule has 0 aliphatic carbocycles. The van der Waals surface area contributed by atoms with Crippen LogP contribution in [-0.4, -0.2) is 36.5 Å². The minimum atomic E-state index is -0.407. The van der Waals surface area contributed by atoms with Gasteiger partial charge in [-0.25, -0.2) is 4.79 Å². The molecule has 4 nitrogen and oxygen atoms in total. The maximum Gasteiger partial charge on any atom is 0.330 e. The van der Waals surface area contributed by atoms with Crippen molar-refractivity contribution < 1.29 is 14.3 Å². The molecule has 0 saturated carbocycles. The van der Waals surface area contributed by atoms with Crippen molar-refractivity contribution in [1.82, 2.24) is 4.90 Å². The van der Waals surface area contributed by atoms with Gasteiger partial charge in [-0.15, -0.1) is 0 Å². The fourth-order valence-corrected chi connectivity index (χ4v) is 2.96. The molecule has 158 valence electrons. The molecule has 0 rings (SSSR count). The Morgan fingerprint density at radius 1 is 0.667 bits per heavy atom. The van der Waals surface area contributed by atoms with Crippen molar-refractivity contribution >= 4 is 11.9 Å². The first-order valence-electron chi connectivity index (χ1n) is 11.3. The number of rotatable bonds is 18. The van der Waals surface area contributed by atoms with E-state index in [1.165, 1.54) is 57.1 Å². The second-order valence-corrected chi connectivity index (χ2v) is 7.36. The highest BCUT2D eigenvalue weighted by atomic mass is 16.5. The quantitative estimate of drug-likeness (QED) is 0.165. The van der Waals surface area contributed by atoms with Gasteiger partial charge in [-0.05, 0) is 19.3 Å². The number of hydrogen-bond acceptors (Lipinski definition) is 3. The summed E-state index contributed by atoms with van der Waals surface area (Å²) in [5.74, 6) is -0.473. The van der Waals surface area contributed by atoms with Crippen molar-refractivity contribution in [1.29, 1.82) is 0 Å². The lowest BCUT2D eigenvalue weighted by atomic mass is 10.1. The van der Waals surface area contributed by atoms with E-state index in [2.05, 4.69) is 20.8 Å². The van der Waals surface area contributed by atoms with Crippen LogP contribution in [0.2, 0.25) is 0 Å². The topological polar surface area (TPSA) is 46.6 Å². The van der Waals surface area contributed by atoms with Crippen molar-refractivity contribution in [2.24, 2.45) is 0 Å². The number of nitrogens with zero attached hydrogens (tertiary/aromatic N) is 1. The Morgan fingerprint density at radius 3 is 1.67 bits per heavy atom. The van der Waals surface area contributed by atoms with Gasteiger partial charge in [-0.1, -0.05) is 85.0 Å². The summed E-state index contributed by atoms with van der Waals surface area (Å²) in [7, 11) is 0. The third-order valence-corrected chi connectivity index (χ3v) is 4.73. The van der Waals surface area contributed by atoms with Crippen molar-refractivity contribution in [3.8, 4) is 0 Å². The molecule has 0 bridgehead atoms. The van der Waals surface area contributed by atoms with E-state index in [-0.39, 0.29) is 5.91 Å². The SMILES string of the molecule is CCCCCCCOC(=O)/C=C/C(=O)N(CCCCCC)CCCCCC. The Hall–Kier alpha value is -1.32. The first-order valence-corrected chi connectivity index (χ1v) is 11.3. The van der Waals surface area contributed by atoms with Crippen molar-refractivity contribution in [2.75, 3.05) is 19.7 Å². The summed E-state index contributed by atoms with van der Waals surface area (Å²) in [4.78, 5) is 26.1. The predicted octanol–water partition coefficient (Wildman–Crippen LogP) is 6.05. The summed E-state index contributed by atoms with van der Waals surface area (Å²) < 4.78 is 5.18. The zero-order chi connectivity index (χ0) is 20.2. The normalized spacial score (nSPS) is 11.1. The molecule has 0 radical (unpaired) electrons. The van der Waals surface area contributed by atoms with Gasteiger partial charge in [0.15, 0.2) is 0 Å². The average Bonchev–Trinajstić information content (AvgIpc) is 2.67. The maximum absolute atomic E-state index is 12.5. The van der Waals surface area contributed by atoms with Crippen molar-refractivity contribution in [2.45, 2.75) is 104 Å². The van der Waals surface area contributed by atoms with Gasteiger partial charge >= 0.3 is 5.97 Å². The minimum Gasteiger partial charge on any atom is -0.463 e. The highest BCUT2D eigenvalue weighted by molar-refractivity contribution is 5.94. The molecule has 0 fully saturated rings. The number of carbonyl (C=O) groups is 2. The molecular weight excluding hydrogens is 338 g/mol. The second kappa shape index (κ2) is 19.4. The van der Waals surface area contributed by atoms with Gasteiger partial charge in [0.2, 0.25) is 5.91 Å². The van der Waals surface area contributed by atoms with E-state index in [0.717, 1.165) is 51.6 Å². The summed E-state index contributed by atoms with van der Waals surface area (Å²) in [6.07, 6.45) is 17.4. The van der Waals surface area contributed by atoms with E-state index < -0.39 is 5.97 Å². The average molecular weight is 382 g/mol. The van der Waals surface area contributed by atoms with E-state index in [0.29, 0.717) is 6.61 Å². The molecule has 0 spiro atoms. The van der Waals surface area contributed by atoms with Crippen LogP contribution < -0.4 is 0 Å². The van der Waals surface area contributed by atoms with Gasteiger partial charge in [0.05, 0.1) is 6.61 Å². The van der Waals surface area contributed by atoms with Crippen LogP contribution in [0, 0.1) is 0 Å². The fourth-order valence-electron chi connectivity index (χ4n) is 2.96. The molecule has 0 aromatic carbocycles. The zero-order valence-corrected chi connectivity index (χ0v) is 18.1. The summed E-state index contributed by atoms with van der Waals surface area (Å²) in [6, 6.07) is 0. The van der Waals surface area contributed by atoms with Gasteiger partial charge in [0.25, 0.3) is 0 Å². The van der Waals surface area contributed by atoms with Crippen molar-refractivity contribution in [3.05, 3.63) is 12.2 Å². The lowest BCUT2D eigenvalue weighted by molar-refractivity contribution is -0.138. The molecule has 0 aromatic rings. The van der Waals surface area contributed by atoms with Crippen LogP contribution in [-0.2, 0) is 14.3 Å². The Balaban J connectivity index is 4.23. The molecule has 1 amide bonds. The minimum absolute atomic E-state index is 0.0668. The van der Waals surface area contributed by atoms with Gasteiger partial charge < -0.3 is 9.64 Å². The van der Waals surface area contributed by atoms with Crippen LogP contribution in [0.5, 0.6) is 0 Å². The number of esters is 1. The van der Waals surface area contributed by atoms with Gasteiger partial charge in [0, 0.05) is 25.2 Å². The number of hydrogen-bond donors (Lipinski definition) is 0. The van der Waals surface area contributed by atoms with E-state index in [4.69, 9.17) is 4.74 Å². The molecule has 4 heteroatoms. The van der Waals surface area contributed by atoms with Crippen molar-refractivity contribution in [3.63, 3.8) is 0 Å². The number of ether oxygens (including phenoxy) is 1. The lowest BCUT2D eigenvalue weighted by Gasteiger charge is -2.21. The van der Waals surface area contributed by atoms with Gasteiger partial charge in [0.1, 0.15) is 0 Å². The summed E-state index contributed by atoms with van der Waals surface area (Å²) in [5, 5.41) is 0. The van der Waals surface area contributed by atoms with Crippen LogP contribution in [0.4, 0.5) is 0 Å². The molecule has 0 N–H and O–H groups in total. The highest BCUT2D eigenvalue weighted by Gasteiger charge is 2.10. The van der Waals surface area contributed by atoms with Crippen LogP contribution in [0.3, 0.4) is 0 Å². The highest BCUT2D eigenvalue weighted by Crippen LogP contribution is 2.07. The summed E-state index contributed by atoms with van der Waals surface area (Å²) in [5.41, 5.74) is 0. The van der Waals surface area contributed by atoms with E-state index in [1.807, 2.05) is 4.90 Å². The lowest BCUT2D eigenvalue weighted by Crippen LogP contribution is -2.31. The molecule has 0 unspecified atom stereocenters. The smallest absolute Gasteiger partial charge is 0.330 e. The Morgan fingerprint density at radius 2 is 1.15 bits per heavy atom. The third kappa shape index (κ3) is 16.6. The molecule has 0 aromatic heterocycles. The zero-order valence-electron chi connectivity index (χ0n) is 18.1. The molecule has 0 heterocycles. The Kier molecular flexibility index (Phi) is 18.5. The van der Waals surface area contributed by atoms with E-state index in [1.54, 1.807) is 0 Å². The number of amides is 1. The largest absolute Gasteiger partial charge is 0.463 e. The molecule has 0 atom stereocenters. The molecule has 27 heavy (non-hydrogen) atoms. The van der Waals surface area contributed by atoms with Crippen LogP contribution in [0.1, 0.15) is 104 Å². The first kappa shape index (κ1) is 25.7. The van der Waals surface area contributed by atoms with E-state index >= 15 is 0 Å². The molecule has 0 aliphatic rings. The summed E-state index contributed by atoms with van der Waals surface area (Å²) in [6.45, 7) is 8.55. The molecular formula is C23H43NO3. The van der Waals surface area contributed by atoms with Gasteiger partial charge in [-0.2, -0.15) is 0 Å². The number of unbranched alkanes of at least 4 members (excludes halogenated alkanes) is 10. The predicted molar refractivity (Wildman–Crippen MR) is 114 cm³/mol. The van der Waals surface area contributed by atoms with Gasteiger partial charge in [-0.3, -0.25) is 4.79 Å². The van der Waals surface area contributed by atoms with Crippen LogP contribution in [0.15, 0.2) is 12.2 Å². The third-order valence-electron chi connectivity index (χ3n) is 4.73. The number of carbonyl (C=O) groups excluding carboxylic acids is 2. The Bertz CT molecular complexity index is 381. The molecule has 0 saturated heterocycles. The van der Waals surface area contributed by atoms with Crippen LogP contribution >= 0.6 is 0 Å². The maximum atomic E-state index is 12.5. The van der Waals surface area contributed by atoms with E-state index in [9.17, 15) is 9.59 Å². The van der Waals surface area contributed by atoms with Crippen LogP contribution in [0.25, 0.3) is 0 Å². The molecule has 0 aliphatic heterocycles. The second-order valence-electron chi connectivity index (χ2n) is 7.36. The first-order chi connectivity index (χ1) is 13.2. The summed E-state index contributed by atoms with van der Waals surface area (Å²) >= 11 is 0. The standard InChI is InChI=1S/C23H43NO3/c1-4-7-10-13-16-21-27-23(26)18-17-22(25)24(19-14-11-8-5-2)20-15-12-9-6-3/h17-18H,4-16,19-21H2,1-3H3/b18-17+.